The Labute approximate surface area is 192 Å². The van der Waals surface area contributed by atoms with Gasteiger partial charge in [-0.15, -0.1) is 11.3 Å². The van der Waals surface area contributed by atoms with Crippen LogP contribution in [-0.4, -0.2) is 63.5 Å². The summed E-state index contributed by atoms with van der Waals surface area (Å²) in [5.41, 5.74) is 2.66. The van der Waals surface area contributed by atoms with E-state index in [4.69, 9.17) is 33.5 Å². The van der Waals surface area contributed by atoms with Crippen LogP contribution in [0.3, 0.4) is 0 Å². The van der Waals surface area contributed by atoms with Crippen LogP contribution in [0, 0.1) is 0 Å². The van der Waals surface area contributed by atoms with E-state index < -0.39 is 50.1 Å². The molecule has 15 heteroatoms. The highest BCUT2D eigenvalue weighted by Gasteiger charge is 2.66. The number of hydrogen-bond acceptors (Lipinski definition) is 13. The molecule has 4 heterocycles. The molecule has 2 fully saturated rings. The molecular weight excluding hydrogens is 481 g/mol. The van der Waals surface area contributed by atoms with Gasteiger partial charge in [-0.25, -0.2) is 9.55 Å². The maximum atomic E-state index is 13.0. The Morgan fingerprint density at radius 3 is 2.88 bits per heavy atom. The van der Waals surface area contributed by atoms with Gasteiger partial charge in [0.1, 0.15) is 23.4 Å². The molecular formula is C18H26N3O10PS. The number of hydrogen-bond donors (Lipinski definition) is 4. The van der Waals surface area contributed by atoms with Crippen molar-refractivity contribution in [1.29, 1.82) is 0 Å². The summed E-state index contributed by atoms with van der Waals surface area (Å²) in [6.07, 6.45) is -2.44. The predicted octanol–water partition coefficient (Wildman–Crippen LogP) is 1.36. The van der Waals surface area contributed by atoms with Crippen molar-refractivity contribution in [3.63, 3.8) is 0 Å². The molecule has 0 saturated carbocycles. The number of thiophene rings is 1. The number of fused-ring (bicyclic) bond motifs is 2. The van der Waals surface area contributed by atoms with E-state index in [2.05, 4.69) is 9.97 Å². The van der Waals surface area contributed by atoms with E-state index in [1.165, 1.54) is 18.3 Å². The molecule has 3 unspecified atom stereocenters. The van der Waals surface area contributed by atoms with Crippen LogP contribution in [0.25, 0.3) is 10.9 Å². The molecule has 0 amide bonds. The smallest absolute Gasteiger partial charge is 0.384 e. The first-order chi connectivity index (χ1) is 15.3. The second kappa shape index (κ2) is 8.64. The van der Waals surface area contributed by atoms with Crippen LogP contribution in [-0.2, 0) is 32.3 Å². The van der Waals surface area contributed by atoms with Gasteiger partial charge in [0.05, 0.1) is 28.5 Å². The van der Waals surface area contributed by atoms with Crippen LogP contribution in [0.4, 0.5) is 5.95 Å². The van der Waals surface area contributed by atoms with Crippen LogP contribution >= 0.6 is 19.2 Å². The van der Waals surface area contributed by atoms with E-state index in [9.17, 15) is 19.6 Å². The Bertz CT molecular complexity index is 1140. The van der Waals surface area contributed by atoms with Crippen molar-refractivity contribution in [2.45, 2.75) is 63.7 Å². The van der Waals surface area contributed by atoms with Crippen molar-refractivity contribution < 1.29 is 42.6 Å². The highest BCUT2D eigenvalue weighted by molar-refractivity contribution is 7.48. The number of nitrogens with one attached hydrogen (secondary N) is 1. The molecule has 13 nitrogen and oxygen atoms in total. The van der Waals surface area contributed by atoms with E-state index in [0.29, 0.717) is 15.8 Å². The number of ether oxygens (including phenoxy) is 3. The first-order valence-electron chi connectivity index (χ1n) is 10.0. The Morgan fingerprint density at radius 1 is 1.45 bits per heavy atom. The van der Waals surface area contributed by atoms with E-state index in [1.54, 1.807) is 26.2 Å². The second-order valence-electron chi connectivity index (χ2n) is 8.46. The van der Waals surface area contributed by atoms with Crippen LogP contribution in [0.15, 0.2) is 10.2 Å². The van der Waals surface area contributed by atoms with Gasteiger partial charge in [0.2, 0.25) is 5.95 Å². The molecule has 0 radical (unpaired) electrons. The Balaban J connectivity index is 1.55. The molecule has 33 heavy (non-hydrogen) atoms. The number of aromatic amines is 1. The summed E-state index contributed by atoms with van der Waals surface area (Å²) in [6, 6.07) is 0. The molecule has 2 aromatic heterocycles. The van der Waals surface area contributed by atoms with Gasteiger partial charge >= 0.3 is 7.82 Å². The summed E-state index contributed by atoms with van der Waals surface area (Å²) in [4.78, 5) is 19.3. The molecule has 0 bridgehead atoms. The molecule has 0 aromatic carbocycles. The maximum absolute atomic E-state index is 13.0. The van der Waals surface area contributed by atoms with Crippen molar-refractivity contribution in [3.8, 4) is 0 Å². The molecule has 2 aromatic rings. The minimum Gasteiger partial charge on any atom is -0.384 e. The predicted molar refractivity (Wildman–Crippen MR) is 115 cm³/mol. The molecule has 2 saturated heterocycles. The number of phosphoric acid groups is 1. The van der Waals surface area contributed by atoms with Crippen molar-refractivity contribution in [3.05, 3.63) is 20.6 Å². The number of H-pyrrole nitrogens is 1. The molecule has 2 aliphatic heterocycles. The Morgan fingerprint density at radius 2 is 2.18 bits per heavy atom. The molecule has 0 aliphatic carbocycles. The van der Waals surface area contributed by atoms with Gasteiger partial charge in [-0.2, -0.15) is 0 Å². The van der Waals surface area contributed by atoms with Crippen molar-refractivity contribution in [1.82, 2.24) is 9.97 Å². The van der Waals surface area contributed by atoms with Gasteiger partial charge in [0.15, 0.2) is 6.79 Å². The maximum Gasteiger partial charge on any atom is 0.477 e. The molecule has 4 rings (SSSR count). The lowest BCUT2D eigenvalue weighted by molar-refractivity contribution is -0.296. The number of nitrogens with zero attached hydrogens (tertiary/aromatic N) is 1. The normalized spacial score (nSPS) is 35.2. The van der Waals surface area contributed by atoms with Crippen LogP contribution in [0.1, 0.15) is 38.7 Å². The number of aliphatic hydroxyl groups is 2. The van der Waals surface area contributed by atoms with Gasteiger partial charge in [-0.3, -0.25) is 23.3 Å². The highest BCUT2D eigenvalue weighted by Crippen LogP contribution is 2.62. The van der Waals surface area contributed by atoms with E-state index in [0.717, 1.165) is 0 Å². The summed E-state index contributed by atoms with van der Waals surface area (Å²) < 4.78 is 45.0. The zero-order valence-electron chi connectivity index (χ0n) is 18.3. The van der Waals surface area contributed by atoms with Crippen molar-refractivity contribution >= 4 is 36.0 Å². The van der Waals surface area contributed by atoms with E-state index in [-0.39, 0.29) is 18.7 Å². The van der Waals surface area contributed by atoms with Crippen LogP contribution in [0.5, 0.6) is 0 Å². The molecule has 2 aliphatic rings. The van der Waals surface area contributed by atoms with Crippen LogP contribution < -0.4 is 11.3 Å². The van der Waals surface area contributed by atoms with E-state index in [1.807, 2.05) is 0 Å². The van der Waals surface area contributed by atoms with E-state index >= 15 is 0 Å². The largest absolute Gasteiger partial charge is 0.477 e. The fourth-order valence-corrected chi connectivity index (χ4v) is 6.51. The topological polar surface area (TPSA) is 185 Å². The third-order valence-electron chi connectivity index (χ3n) is 5.31. The summed E-state index contributed by atoms with van der Waals surface area (Å²) in [6.45, 7) is 4.01. The third-order valence-corrected chi connectivity index (χ3v) is 7.66. The van der Waals surface area contributed by atoms with Gasteiger partial charge in [0.25, 0.3) is 12.0 Å². The monoisotopic (exact) mass is 507 g/mol. The fourth-order valence-electron chi connectivity index (χ4n) is 3.87. The summed E-state index contributed by atoms with van der Waals surface area (Å²) in [7, 11) is -4.18. The van der Waals surface area contributed by atoms with Gasteiger partial charge < -0.3 is 30.2 Å². The van der Waals surface area contributed by atoms with Crippen molar-refractivity contribution in [2.24, 2.45) is 0 Å². The summed E-state index contributed by atoms with van der Waals surface area (Å²) in [5.74, 6) is -0.0745. The lowest BCUT2D eigenvalue weighted by Crippen LogP contribution is -2.53. The van der Waals surface area contributed by atoms with Gasteiger partial charge in [0, 0.05) is 5.38 Å². The van der Waals surface area contributed by atoms with Gasteiger partial charge in [-0.05, 0) is 27.7 Å². The second-order valence-corrected chi connectivity index (χ2v) is 11.0. The van der Waals surface area contributed by atoms with Crippen molar-refractivity contribution in [2.75, 3.05) is 19.1 Å². The molecule has 6 atom stereocenters. The lowest BCUT2D eigenvalue weighted by atomic mass is 9.86. The quantitative estimate of drug-likeness (QED) is 0.312. The Kier molecular flexibility index (Phi) is 6.46. The number of nitrogen functional groups attached to an aromatic ring is 1. The standard InChI is InChI=1S/C18H26N3O10PS/c1-8(2)29-16(23)26-7-28-32(25)27-6-17(3)14(31-32)18(4,24)12(30-17)11-10-9(5-33-11)13(22)21-15(19)20-10/h5,8,12,14,16,23-24H,6-7H2,1-4H3,(H3,19,20,21,22)/t12-,14+,16?,17?,18-,32?/m0/s1. The number of nitrogens with two attached hydrogens (primary N) is 1. The first-order valence-corrected chi connectivity index (χ1v) is 12.4. The summed E-state index contributed by atoms with van der Waals surface area (Å²) >= 11 is 1.17. The summed E-state index contributed by atoms with van der Waals surface area (Å²) in [5, 5.41) is 22.9. The molecule has 0 spiro atoms. The molecule has 184 valence electrons. The minimum atomic E-state index is -4.18. The number of anilines is 1. The van der Waals surface area contributed by atoms with Gasteiger partial charge in [-0.1, -0.05) is 0 Å². The zero-order valence-corrected chi connectivity index (χ0v) is 20.1. The fraction of sp³-hybridized carbons (Fsp3) is 0.667. The number of aliphatic hydroxyl groups excluding tert-OH is 1. The lowest BCUT2D eigenvalue weighted by Gasteiger charge is -2.40. The highest BCUT2D eigenvalue weighted by atomic mass is 32.1. The Hall–Kier alpha value is -1.45. The first kappa shape index (κ1) is 24.7. The molecule has 5 N–H and O–H groups in total. The number of rotatable bonds is 7. The third kappa shape index (κ3) is 4.60. The minimum absolute atomic E-state index is 0.0745. The number of phosphoric ester groups is 1. The average molecular weight is 507 g/mol. The SMILES string of the molecule is CC(C)OC(O)OCOP1(=O)OCC2(C)O[C@@H](c3scc4c(=O)[nH]c(N)nc34)[C@](C)(O)[C@@H]2O1. The zero-order chi connectivity index (χ0) is 24.2. The average Bonchev–Trinajstić information content (AvgIpc) is 3.19. The van der Waals surface area contributed by atoms with Crippen LogP contribution in [0.2, 0.25) is 0 Å². The number of aromatic nitrogens is 2.